The number of halogens is 4. The zero-order valence-electron chi connectivity index (χ0n) is 8.67. The van der Waals surface area contributed by atoms with E-state index in [2.05, 4.69) is 0 Å². The van der Waals surface area contributed by atoms with Crippen molar-refractivity contribution in [1.82, 2.24) is 0 Å². The number of hydrogen-bond donors (Lipinski definition) is 0. The van der Waals surface area contributed by atoms with Crippen molar-refractivity contribution in [3.63, 3.8) is 0 Å². The van der Waals surface area contributed by atoms with Crippen molar-refractivity contribution in [2.45, 2.75) is 30.4 Å². The molecule has 0 aliphatic heterocycles. The minimum atomic E-state index is -6.39. The predicted octanol–water partition coefficient (Wildman–Crippen LogP) is 1.58. The van der Waals surface area contributed by atoms with E-state index in [1.54, 1.807) is 0 Å². The van der Waals surface area contributed by atoms with Gasteiger partial charge in [0.25, 0.3) is 0 Å². The second-order valence-electron chi connectivity index (χ2n) is 3.94. The van der Waals surface area contributed by atoms with Crippen molar-refractivity contribution < 1.29 is 35.3 Å². The molecule has 9 heteroatoms. The van der Waals surface area contributed by atoms with Gasteiger partial charge in [0, 0.05) is 13.0 Å². The van der Waals surface area contributed by atoms with Gasteiger partial charge < -0.3 is 9.29 Å². The van der Waals surface area contributed by atoms with Gasteiger partial charge in [0.05, 0.1) is 6.61 Å². The largest absolute Gasteiger partial charge is 0.743 e. The van der Waals surface area contributed by atoms with Crippen molar-refractivity contribution in [1.29, 1.82) is 0 Å². The van der Waals surface area contributed by atoms with Crippen molar-refractivity contribution in [2.75, 3.05) is 13.2 Å². The molecule has 102 valence electrons. The molecule has 1 saturated carbocycles. The van der Waals surface area contributed by atoms with Crippen molar-refractivity contribution in [3.05, 3.63) is 0 Å². The molecule has 0 unspecified atom stereocenters. The van der Waals surface area contributed by atoms with E-state index in [4.69, 9.17) is 4.74 Å². The smallest absolute Gasteiger partial charge is 0.396 e. The van der Waals surface area contributed by atoms with E-state index in [-0.39, 0.29) is 12.5 Å². The zero-order chi connectivity index (χ0) is 13.3. The highest BCUT2D eigenvalue weighted by Gasteiger charge is 2.61. The van der Waals surface area contributed by atoms with Crippen LogP contribution in [0.2, 0.25) is 0 Å². The van der Waals surface area contributed by atoms with Crippen molar-refractivity contribution in [3.8, 4) is 0 Å². The van der Waals surface area contributed by atoms with E-state index < -0.39 is 34.3 Å². The lowest BCUT2D eigenvalue weighted by Gasteiger charge is -2.28. The summed E-state index contributed by atoms with van der Waals surface area (Å²) in [6.45, 7) is -0.527. The Hall–Kier alpha value is -0.410. The van der Waals surface area contributed by atoms with Crippen molar-refractivity contribution >= 4 is 10.1 Å². The summed E-state index contributed by atoms with van der Waals surface area (Å²) < 4.78 is 85.6. The Morgan fingerprint density at radius 3 is 2.18 bits per heavy atom. The summed E-state index contributed by atoms with van der Waals surface area (Å²) in [6.07, 6.45) is 0.303. The summed E-state index contributed by atoms with van der Waals surface area (Å²) in [7, 11) is -6.39. The molecule has 4 nitrogen and oxygen atoms in total. The Morgan fingerprint density at radius 2 is 1.76 bits per heavy atom. The highest BCUT2D eigenvalue weighted by Crippen LogP contribution is 2.40. The first-order valence-corrected chi connectivity index (χ1v) is 6.27. The van der Waals surface area contributed by atoms with Gasteiger partial charge in [-0.25, -0.2) is 8.42 Å². The first kappa shape index (κ1) is 14.7. The fourth-order valence-electron chi connectivity index (χ4n) is 1.06. The maximum Gasteiger partial charge on any atom is 0.396 e. The molecular weight excluding hydrogens is 268 g/mol. The van der Waals surface area contributed by atoms with E-state index in [1.165, 1.54) is 0 Å². The van der Waals surface area contributed by atoms with Gasteiger partial charge in [-0.05, 0) is 18.8 Å². The molecule has 0 heterocycles. The first-order valence-electron chi connectivity index (χ1n) is 4.87. The van der Waals surface area contributed by atoms with Gasteiger partial charge in [-0.1, -0.05) is 0 Å². The Bertz CT molecular complexity index is 364. The van der Waals surface area contributed by atoms with Crippen LogP contribution in [0.3, 0.4) is 0 Å². The fourth-order valence-corrected chi connectivity index (χ4v) is 1.53. The topological polar surface area (TPSA) is 66.4 Å². The number of hydrogen-bond acceptors (Lipinski definition) is 4. The third kappa shape index (κ3) is 3.52. The van der Waals surface area contributed by atoms with Crippen LogP contribution < -0.4 is 0 Å². The molecule has 0 aromatic carbocycles. The minimum absolute atomic E-state index is 0.186. The normalized spacial score (nSPS) is 18.4. The summed E-state index contributed by atoms with van der Waals surface area (Å²) in [6, 6.07) is 0. The highest BCUT2D eigenvalue weighted by molar-refractivity contribution is 7.86. The van der Waals surface area contributed by atoms with Crippen LogP contribution in [0, 0.1) is 5.92 Å². The van der Waals surface area contributed by atoms with Gasteiger partial charge in [0.15, 0.2) is 10.1 Å². The molecule has 1 rings (SSSR count). The van der Waals surface area contributed by atoms with Crippen LogP contribution in [0.1, 0.15) is 19.3 Å². The predicted molar refractivity (Wildman–Crippen MR) is 47.8 cm³/mol. The van der Waals surface area contributed by atoms with Crippen LogP contribution in [0.5, 0.6) is 0 Å². The molecule has 0 aromatic rings. The molecular formula is C8H11F4O4S-. The summed E-state index contributed by atoms with van der Waals surface area (Å²) in [5, 5.41) is -5.61. The molecule has 0 radical (unpaired) electrons. The van der Waals surface area contributed by atoms with Gasteiger partial charge in [-0.3, -0.25) is 0 Å². The first-order chi connectivity index (χ1) is 7.58. The van der Waals surface area contributed by atoms with Crippen molar-refractivity contribution in [2.24, 2.45) is 5.92 Å². The Kier molecular flexibility index (Phi) is 4.04. The zero-order valence-corrected chi connectivity index (χ0v) is 9.48. The van der Waals surface area contributed by atoms with E-state index >= 15 is 0 Å². The summed E-state index contributed by atoms with van der Waals surface area (Å²) in [5.41, 5.74) is 0. The Labute approximate surface area is 95.7 Å². The van der Waals surface area contributed by atoms with Gasteiger partial charge in [-0.2, -0.15) is 17.6 Å². The molecule has 0 spiro atoms. The van der Waals surface area contributed by atoms with Gasteiger partial charge in [0.2, 0.25) is 0 Å². The SMILES string of the molecule is O=S(=O)([O-])C(F)(F)C(F)(F)CCOCC1CC1. The second-order valence-corrected chi connectivity index (χ2v) is 5.36. The highest BCUT2D eigenvalue weighted by atomic mass is 32.2. The standard InChI is InChI=1S/C8H12F4O4S/c9-7(10,8(11,12)17(13,14)15)3-4-16-5-6-1-2-6/h6H,1-5H2,(H,13,14,15)/p-1. The van der Waals surface area contributed by atoms with Gasteiger partial charge in [0.1, 0.15) is 0 Å². The van der Waals surface area contributed by atoms with Crippen LogP contribution in [0.25, 0.3) is 0 Å². The molecule has 17 heavy (non-hydrogen) atoms. The monoisotopic (exact) mass is 279 g/mol. The van der Waals surface area contributed by atoms with Crippen LogP contribution >= 0.6 is 0 Å². The quantitative estimate of drug-likeness (QED) is 0.403. The molecule has 1 aliphatic rings. The van der Waals surface area contributed by atoms with Gasteiger partial charge in [-0.15, -0.1) is 0 Å². The summed E-state index contributed by atoms with van der Waals surface area (Å²) >= 11 is 0. The lowest BCUT2D eigenvalue weighted by atomic mass is 10.2. The fraction of sp³-hybridized carbons (Fsp3) is 1.00. The van der Waals surface area contributed by atoms with E-state index in [0.29, 0.717) is 0 Å². The molecule has 0 bridgehead atoms. The van der Waals surface area contributed by atoms with Crippen LogP contribution in [-0.4, -0.2) is 37.4 Å². The lowest BCUT2D eigenvalue weighted by molar-refractivity contribution is -0.171. The molecule has 0 atom stereocenters. The van der Waals surface area contributed by atoms with E-state index in [9.17, 15) is 30.5 Å². The van der Waals surface area contributed by atoms with E-state index in [0.717, 1.165) is 12.8 Å². The number of rotatable bonds is 7. The number of alkyl halides is 4. The maximum atomic E-state index is 12.8. The van der Waals surface area contributed by atoms with E-state index in [1.807, 2.05) is 0 Å². The Balaban J connectivity index is 2.47. The van der Waals surface area contributed by atoms with Crippen LogP contribution in [0.4, 0.5) is 17.6 Å². The number of ether oxygens (including phenoxy) is 1. The average molecular weight is 279 g/mol. The third-order valence-corrected chi connectivity index (χ3v) is 3.28. The molecule has 1 aliphatic carbocycles. The van der Waals surface area contributed by atoms with Gasteiger partial charge >= 0.3 is 11.2 Å². The van der Waals surface area contributed by atoms with Crippen LogP contribution in [-0.2, 0) is 14.9 Å². The molecule has 0 N–H and O–H groups in total. The molecule has 0 saturated heterocycles. The third-order valence-electron chi connectivity index (χ3n) is 2.35. The molecule has 1 fully saturated rings. The molecule has 0 aromatic heterocycles. The average Bonchev–Trinajstić information content (AvgIpc) is 2.94. The second kappa shape index (κ2) is 4.69. The lowest BCUT2D eigenvalue weighted by Crippen LogP contribution is -2.47. The summed E-state index contributed by atoms with van der Waals surface area (Å²) in [4.78, 5) is 0. The molecule has 0 amide bonds. The minimum Gasteiger partial charge on any atom is -0.743 e. The maximum absolute atomic E-state index is 12.8. The Morgan fingerprint density at radius 1 is 1.24 bits per heavy atom. The van der Waals surface area contributed by atoms with Crippen LogP contribution in [0.15, 0.2) is 0 Å². The summed E-state index contributed by atoms with van der Waals surface area (Å²) in [5.74, 6) is -4.65.